The van der Waals surface area contributed by atoms with Crippen LogP contribution in [0.25, 0.3) is 0 Å². The quantitative estimate of drug-likeness (QED) is 0.643. The molecule has 0 bridgehead atoms. The van der Waals surface area contributed by atoms with E-state index in [0.717, 1.165) is 16.7 Å². The maximum absolute atomic E-state index is 13.6. The zero-order chi connectivity index (χ0) is 24.2. The highest BCUT2D eigenvalue weighted by Gasteiger charge is 2.32. The van der Waals surface area contributed by atoms with Crippen LogP contribution in [0.5, 0.6) is 0 Å². The van der Waals surface area contributed by atoms with Crippen molar-refractivity contribution in [2.45, 2.75) is 32.6 Å². The van der Waals surface area contributed by atoms with Crippen molar-refractivity contribution in [3.8, 4) is 0 Å². The van der Waals surface area contributed by atoms with E-state index in [1.54, 1.807) is 53.1 Å². The van der Waals surface area contributed by atoms with E-state index in [1.807, 2.05) is 26.8 Å². The summed E-state index contributed by atoms with van der Waals surface area (Å²) in [6.07, 6.45) is -0.399. The molecule has 0 saturated carbocycles. The highest BCUT2D eigenvalue weighted by Crippen LogP contribution is 2.29. The van der Waals surface area contributed by atoms with Gasteiger partial charge in [-0.25, -0.2) is 13.2 Å². The van der Waals surface area contributed by atoms with Gasteiger partial charge in [-0.2, -0.15) is 0 Å². The zero-order valence-electron chi connectivity index (χ0n) is 19.6. The molecule has 1 fully saturated rings. The molecule has 0 atom stereocenters. The van der Waals surface area contributed by atoms with Gasteiger partial charge in [0.25, 0.3) is 10.0 Å². The smallest absolute Gasteiger partial charge is 0.409 e. The summed E-state index contributed by atoms with van der Waals surface area (Å²) in [5.41, 5.74) is 3.16. The van der Waals surface area contributed by atoms with Gasteiger partial charge in [-0.3, -0.25) is 9.10 Å². The Bertz CT molecular complexity index is 1110. The number of piperazine rings is 1. The van der Waals surface area contributed by atoms with Crippen LogP contribution in [0.15, 0.2) is 47.4 Å². The summed E-state index contributed by atoms with van der Waals surface area (Å²) in [7, 11) is -3.97. The first-order valence-corrected chi connectivity index (χ1v) is 12.4. The Morgan fingerprint density at radius 1 is 0.939 bits per heavy atom. The third kappa shape index (κ3) is 5.47. The summed E-state index contributed by atoms with van der Waals surface area (Å²) in [5, 5.41) is 0. The van der Waals surface area contributed by atoms with Crippen molar-refractivity contribution < 1.29 is 22.7 Å². The van der Waals surface area contributed by atoms with Crippen molar-refractivity contribution in [2.75, 3.05) is 43.6 Å². The minimum atomic E-state index is -3.97. The Hall–Kier alpha value is -3.07. The lowest BCUT2D eigenvalue weighted by Gasteiger charge is -2.35. The van der Waals surface area contributed by atoms with Crippen LogP contribution < -0.4 is 4.31 Å². The lowest BCUT2D eigenvalue weighted by Crippen LogP contribution is -2.53. The highest BCUT2D eigenvalue weighted by atomic mass is 32.2. The fourth-order valence-electron chi connectivity index (χ4n) is 3.72. The summed E-state index contributed by atoms with van der Waals surface area (Å²) < 4.78 is 33.5. The average Bonchev–Trinajstić information content (AvgIpc) is 2.80. The molecule has 1 aliphatic rings. The van der Waals surface area contributed by atoms with Gasteiger partial charge in [0.05, 0.1) is 17.2 Å². The first-order chi connectivity index (χ1) is 15.6. The number of sulfonamides is 1. The van der Waals surface area contributed by atoms with Crippen molar-refractivity contribution in [1.29, 1.82) is 0 Å². The Balaban J connectivity index is 1.87. The predicted molar refractivity (Wildman–Crippen MR) is 127 cm³/mol. The Morgan fingerprint density at radius 2 is 1.55 bits per heavy atom. The van der Waals surface area contributed by atoms with E-state index < -0.39 is 16.1 Å². The summed E-state index contributed by atoms with van der Waals surface area (Å²) in [5.74, 6) is -0.310. The Labute approximate surface area is 195 Å². The summed E-state index contributed by atoms with van der Waals surface area (Å²) in [4.78, 5) is 28.4. The van der Waals surface area contributed by atoms with Crippen molar-refractivity contribution in [3.63, 3.8) is 0 Å². The van der Waals surface area contributed by atoms with Crippen LogP contribution in [0.2, 0.25) is 0 Å². The Kier molecular flexibility index (Phi) is 7.63. The van der Waals surface area contributed by atoms with Crippen LogP contribution in [0.3, 0.4) is 0 Å². The normalized spacial score (nSPS) is 14.2. The van der Waals surface area contributed by atoms with Crippen molar-refractivity contribution in [1.82, 2.24) is 9.80 Å². The van der Waals surface area contributed by atoms with Gasteiger partial charge in [0.2, 0.25) is 5.91 Å². The van der Waals surface area contributed by atoms with Crippen LogP contribution in [-0.2, 0) is 19.6 Å². The van der Waals surface area contributed by atoms with Gasteiger partial charge >= 0.3 is 6.09 Å². The van der Waals surface area contributed by atoms with E-state index in [4.69, 9.17) is 4.74 Å². The zero-order valence-corrected chi connectivity index (χ0v) is 20.4. The van der Waals surface area contributed by atoms with Crippen LogP contribution in [0, 0.1) is 20.8 Å². The standard InChI is InChI=1S/C24H31N3O5S/c1-5-32-24(29)26-15-13-25(14-16-26)23(28)17-27(22-8-6-7-19(3)20(22)4)33(30,31)21-11-9-18(2)10-12-21/h6-12H,5,13-17H2,1-4H3. The Morgan fingerprint density at radius 3 is 2.15 bits per heavy atom. The monoisotopic (exact) mass is 473 g/mol. The van der Waals surface area contributed by atoms with Gasteiger partial charge in [0.1, 0.15) is 6.54 Å². The number of carbonyl (C=O) groups is 2. The molecule has 3 rings (SSSR count). The number of hydrogen-bond acceptors (Lipinski definition) is 5. The molecule has 0 spiro atoms. The molecule has 178 valence electrons. The first kappa shape index (κ1) is 24.6. The van der Waals surface area contributed by atoms with E-state index in [1.165, 1.54) is 4.31 Å². The number of rotatable bonds is 6. The lowest BCUT2D eigenvalue weighted by molar-refractivity contribution is -0.131. The minimum Gasteiger partial charge on any atom is -0.450 e. The molecular formula is C24H31N3O5S. The summed E-state index contributed by atoms with van der Waals surface area (Å²) >= 11 is 0. The van der Waals surface area contributed by atoms with Crippen LogP contribution in [0.1, 0.15) is 23.6 Å². The average molecular weight is 474 g/mol. The second-order valence-corrected chi connectivity index (χ2v) is 9.97. The van der Waals surface area contributed by atoms with Crippen LogP contribution in [0.4, 0.5) is 10.5 Å². The molecule has 0 aromatic heterocycles. The third-order valence-corrected chi connectivity index (χ3v) is 7.66. The SMILES string of the molecule is CCOC(=O)N1CCN(C(=O)CN(c2cccc(C)c2C)S(=O)(=O)c2ccc(C)cc2)CC1. The van der Waals surface area contributed by atoms with Crippen molar-refractivity contribution in [2.24, 2.45) is 0 Å². The number of aryl methyl sites for hydroxylation is 2. The largest absolute Gasteiger partial charge is 0.450 e. The summed E-state index contributed by atoms with van der Waals surface area (Å²) in [6.45, 7) is 8.70. The second kappa shape index (κ2) is 10.2. The fraction of sp³-hybridized carbons (Fsp3) is 0.417. The van der Waals surface area contributed by atoms with Gasteiger partial charge in [0, 0.05) is 26.2 Å². The topological polar surface area (TPSA) is 87.2 Å². The minimum absolute atomic E-state index is 0.133. The van der Waals surface area contributed by atoms with Crippen molar-refractivity contribution >= 4 is 27.7 Å². The lowest BCUT2D eigenvalue weighted by atomic mass is 10.1. The van der Waals surface area contributed by atoms with Crippen molar-refractivity contribution in [3.05, 3.63) is 59.2 Å². The molecule has 9 heteroatoms. The van der Waals surface area contributed by atoms with Gasteiger partial charge in [-0.15, -0.1) is 0 Å². The molecule has 2 amide bonds. The second-order valence-electron chi connectivity index (χ2n) is 8.11. The fourth-order valence-corrected chi connectivity index (χ4v) is 5.19. The molecule has 33 heavy (non-hydrogen) atoms. The van der Waals surface area contributed by atoms with E-state index in [-0.39, 0.29) is 17.3 Å². The number of nitrogens with zero attached hydrogens (tertiary/aromatic N) is 3. The first-order valence-electron chi connectivity index (χ1n) is 11.0. The van der Waals surface area contributed by atoms with Crippen LogP contribution >= 0.6 is 0 Å². The maximum atomic E-state index is 13.6. The predicted octanol–water partition coefficient (Wildman–Crippen LogP) is 3.11. The van der Waals surface area contributed by atoms with E-state index in [2.05, 4.69) is 0 Å². The van der Waals surface area contributed by atoms with E-state index in [0.29, 0.717) is 38.5 Å². The van der Waals surface area contributed by atoms with Gasteiger partial charge in [-0.05, 0) is 57.0 Å². The highest BCUT2D eigenvalue weighted by molar-refractivity contribution is 7.92. The molecule has 2 aromatic carbocycles. The van der Waals surface area contributed by atoms with E-state index in [9.17, 15) is 18.0 Å². The number of ether oxygens (including phenoxy) is 1. The number of benzene rings is 2. The molecule has 2 aromatic rings. The third-order valence-electron chi connectivity index (χ3n) is 5.89. The summed E-state index contributed by atoms with van der Waals surface area (Å²) in [6, 6.07) is 12.0. The molecule has 1 heterocycles. The molecule has 1 saturated heterocycles. The number of anilines is 1. The molecule has 8 nitrogen and oxygen atoms in total. The van der Waals surface area contributed by atoms with Gasteiger partial charge in [0.15, 0.2) is 0 Å². The molecule has 0 unspecified atom stereocenters. The number of carbonyl (C=O) groups excluding carboxylic acids is 2. The maximum Gasteiger partial charge on any atom is 0.409 e. The molecule has 0 N–H and O–H groups in total. The molecule has 0 aliphatic carbocycles. The molecule has 1 aliphatic heterocycles. The molecular weight excluding hydrogens is 442 g/mol. The number of hydrogen-bond donors (Lipinski definition) is 0. The number of amides is 2. The molecule has 0 radical (unpaired) electrons. The van der Waals surface area contributed by atoms with Gasteiger partial charge in [-0.1, -0.05) is 29.8 Å². The van der Waals surface area contributed by atoms with Crippen LogP contribution in [-0.4, -0.2) is 69.5 Å². The van der Waals surface area contributed by atoms with E-state index >= 15 is 0 Å². The van der Waals surface area contributed by atoms with Gasteiger partial charge < -0.3 is 14.5 Å².